The minimum atomic E-state index is -1.16. The number of nitrogens with zero attached hydrogens (tertiary/aromatic N) is 1. The third kappa shape index (κ3) is 3.56. The van der Waals surface area contributed by atoms with Gasteiger partial charge in [0.1, 0.15) is 6.04 Å². The van der Waals surface area contributed by atoms with Crippen LogP contribution in [0.25, 0.3) is 0 Å². The molecule has 7 heteroatoms. The van der Waals surface area contributed by atoms with Crippen LogP contribution in [0.2, 0.25) is 0 Å². The lowest BCUT2D eigenvalue weighted by atomic mass is 10.1. The molecular formula is C10H10N2O5. The number of carbonyl (C=O) groups is 2. The van der Waals surface area contributed by atoms with Gasteiger partial charge in [-0.2, -0.15) is 0 Å². The monoisotopic (exact) mass is 238 g/mol. The van der Waals surface area contributed by atoms with Crippen molar-refractivity contribution < 1.29 is 19.6 Å². The SMILES string of the molecule is O=CNC(Cc1ccc([N+](=O)[O-])cc1)C(=O)O. The van der Waals surface area contributed by atoms with Crippen LogP contribution < -0.4 is 5.32 Å². The van der Waals surface area contributed by atoms with Gasteiger partial charge in [0.25, 0.3) is 5.69 Å². The summed E-state index contributed by atoms with van der Waals surface area (Å²) in [5, 5.41) is 21.3. The number of rotatable bonds is 6. The lowest BCUT2D eigenvalue weighted by molar-refractivity contribution is -0.384. The molecule has 1 rings (SSSR count). The molecule has 0 bridgehead atoms. The zero-order chi connectivity index (χ0) is 12.8. The van der Waals surface area contributed by atoms with Gasteiger partial charge in [-0.05, 0) is 5.56 Å². The van der Waals surface area contributed by atoms with Gasteiger partial charge < -0.3 is 10.4 Å². The zero-order valence-corrected chi connectivity index (χ0v) is 8.70. The molecule has 0 aliphatic carbocycles. The van der Waals surface area contributed by atoms with Crippen LogP contribution in [0.3, 0.4) is 0 Å². The largest absolute Gasteiger partial charge is 0.480 e. The summed E-state index contributed by atoms with van der Waals surface area (Å²) in [4.78, 5) is 30.8. The van der Waals surface area contributed by atoms with Crippen LogP contribution in [-0.4, -0.2) is 28.5 Å². The van der Waals surface area contributed by atoms with Crippen LogP contribution in [0, 0.1) is 10.1 Å². The molecule has 1 aromatic carbocycles. The van der Waals surface area contributed by atoms with E-state index in [1.807, 2.05) is 0 Å². The minimum absolute atomic E-state index is 0.0658. The molecule has 0 saturated carbocycles. The summed E-state index contributed by atoms with van der Waals surface area (Å²) >= 11 is 0. The van der Waals surface area contributed by atoms with E-state index in [1.54, 1.807) is 0 Å². The van der Waals surface area contributed by atoms with E-state index in [0.29, 0.717) is 12.0 Å². The molecule has 0 saturated heterocycles. The Morgan fingerprint density at radius 2 is 2.06 bits per heavy atom. The van der Waals surface area contributed by atoms with Crippen molar-refractivity contribution in [3.8, 4) is 0 Å². The highest BCUT2D eigenvalue weighted by Gasteiger charge is 2.17. The Morgan fingerprint density at radius 3 is 2.47 bits per heavy atom. The number of non-ortho nitro benzene ring substituents is 1. The zero-order valence-electron chi connectivity index (χ0n) is 8.70. The number of nitro benzene ring substituents is 1. The number of benzene rings is 1. The fourth-order valence-corrected chi connectivity index (χ4v) is 1.29. The van der Waals surface area contributed by atoms with Gasteiger partial charge in [-0.15, -0.1) is 0 Å². The molecule has 0 spiro atoms. The summed E-state index contributed by atoms with van der Waals surface area (Å²) in [5.41, 5.74) is 0.529. The third-order valence-corrected chi connectivity index (χ3v) is 2.15. The maximum Gasteiger partial charge on any atom is 0.326 e. The molecule has 1 atom stereocenters. The lowest BCUT2D eigenvalue weighted by Crippen LogP contribution is -2.37. The van der Waals surface area contributed by atoms with E-state index >= 15 is 0 Å². The van der Waals surface area contributed by atoms with Crippen molar-refractivity contribution in [1.29, 1.82) is 0 Å². The van der Waals surface area contributed by atoms with E-state index < -0.39 is 16.9 Å². The van der Waals surface area contributed by atoms with Crippen LogP contribution in [0.1, 0.15) is 5.56 Å². The normalized spacial score (nSPS) is 11.5. The number of nitro groups is 1. The number of hydrogen-bond acceptors (Lipinski definition) is 4. The van der Waals surface area contributed by atoms with E-state index in [0.717, 1.165) is 0 Å². The van der Waals surface area contributed by atoms with Gasteiger partial charge in [-0.1, -0.05) is 12.1 Å². The smallest absolute Gasteiger partial charge is 0.326 e. The summed E-state index contributed by atoms with van der Waals surface area (Å²) < 4.78 is 0. The molecule has 0 heterocycles. The molecule has 90 valence electrons. The van der Waals surface area contributed by atoms with E-state index in [4.69, 9.17) is 5.11 Å². The van der Waals surface area contributed by atoms with Crippen LogP contribution >= 0.6 is 0 Å². The van der Waals surface area contributed by atoms with Crippen LogP contribution in [0.5, 0.6) is 0 Å². The Kier molecular flexibility index (Phi) is 4.15. The molecule has 7 nitrogen and oxygen atoms in total. The molecule has 0 aromatic heterocycles. The summed E-state index contributed by atoms with van der Waals surface area (Å²) in [7, 11) is 0. The molecule has 2 N–H and O–H groups in total. The van der Waals surface area contributed by atoms with Crippen LogP contribution in [-0.2, 0) is 16.0 Å². The minimum Gasteiger partial charge on any atom is -0.480 e. The Morgan fingerprint density at radius 1 is 1.47 bits per heavy atom. The topological polar surface area (TPSA) is 110 Å². The van der Waals surface area contributed by atoms with Crippen molar-refractivity contribution in [2.75, 3.05) is 0 Å². The van der Waals surface area contributed by atoms with Crippen molar-refractivity contribution in [2.24, 2.45) is 0 Å². The summed E-state index contributed by atoms with van der Waals surface area (Å²) in [5.74, 6) is -1.16. The first-order chi connectivity index (χ1) is 8.04. The number of amides is 1. The van der Waals surface area contributed by atoms with Gasteiger partial charge in [-0.25, -0.2) is 4.79 Å². The number of carboxylic acid groups (broad SMARTS) is 1. The van der Waals surface area contributed by atoms with Crippen molar-refractivity contribution in [1.82, 2.24) is 5.32 Å². The molecule has 1 unspecified atom stereocenters. The quantitative estimate of drug-likeness (QED) is 0.421. The highest BCUT2D eigenvalue weighted by Crippen LogP contribution is 2.13. The molecule has 0 aliphatic rings. The number of hydrogen-bond donors (Lipinski definition) is 2. The van der Waals surface area contributed by atoms with Gasteiger partial charge in [0.2, 0.25) is 6.41 Å². The molecule has 0 radical (unpaired) electrons. The lowest BCUT2D eigenvalue weighted by Gasteiger charge is -2.10. The predicted octanol–water partition coefficient (Wildman–Crippen LogP) is 0.336. The first-order valence-corrected chi connectivity index (χ1v) is 4.70. The summed E-state index contributed by atoms with van der Waals surface area (Å²) in [6.07, 6.45) is 0.385. The summed E-state index contributed by atoms with van der Waals surface area (Å²) in [6, 6.07) is 4.46. The second-order valence-corrected chi connectivity index (χ2v) is 3.30. The van der Waals surface area contributed by atoms with E-state index in [-0.39, 0.29) is 12.1 Å². The highest BCUT2D eigenvalue weighted by molar-refractivity contribution is 5.76. The van der Waals surface area contributed by atoms with Crippen molar-refractivity contribution in [3.05, 3.63) is 39.9 Å². The van der Waals surface area contributed by atoms with Crippen LogP contribution in [0.4, 0.5) is 5.69 Å². The molecule has 0 aliphatic heterocycles. The van der Waals surface area contributed by atoms with E-state index in [2.05, 4.69) is 5.32 Å². The highest BCUT2D eigenvalue weighted by atomic mass is 16.6. The average molecular weight is 238 g/mol. The van der Waals surface area contributed by atoms with Gasteiger partial charge in [0, 0.05) is 18.6 Å². The maximum absolute atomic E-state index is 10.7. The van der Waals surface area contributed by atoms with Gasteiger partial charge in [0.05, 0.1) is 4.92 Å². The average Bonchev–Trinajstić information content (AvgIpc) is 2.29. The Hall–Kier alpha value is -2.44. The first kappa shape index (κ1) is 12.6. The van der Waals surface area contributed by atoms with Crippen LogP contribution in [0.15, 0.2) is 24.3 Å². The second-order valence-electron chi connectivity index (χ2n) is 3.30. The molecule has 1 aromatic rings. The van der Waals surface area contributed by atoms with E-state index in [1.165, 1.54) is 24.3 Å². The Balaban J connectivity index is 2.76. The third-order valence-electron chi connectivity index (χ3n) is 2.15. The van der Waals surface area contributed by atoms with Crippen molar-refractivity contribution in [2.45, 2.75) is 12.5 Å². The summed E-state index contributed by atoms with van der Waals surface area (Å²) in [6.45, 7) is 0. The Bertz CT molecular complexity index is 429. The van der Waals surface area contributed by atoms with Gasteiger partial charge in [-0.3, -0.25) is 14.9 Å². The fourth-order valence-electron chi connectivity index (χ4n) is 1.29. The van der Waals surface area contributed by atoms with Crippen molar-refractivity contribution >= 4 is 18.1 Å². The maximum atomic E-state index is 10.7. The Labute approximate surface area is 96.2 Å². The molecular weight excluding hydrogens is 228 g/mol. The fraction of sp³-hybridized carbons (Fsp3) is 0.200. The van der Waals surface area contributed by atoms with Gasteiger partial charge >= 0.3 is 5.97 Å². The first-order valence-electron chi connectivity index (χ1n) is 4.70. The predicted molar refractivity (Wildman–Crippen MR) is 57.4 cm³/mol. The molecule has 17 heavy (non-hydrogen) atoms. The second kappa shape index (κ2) is 5.59. The number of aliphatic carboxylic acids is 1. The molecule has 0 fully saturated rings. The van der Waals surface area contributed by atoms with E-state index in [9.17, 15) is 19.7 Å². The van der Waals surface area contributed by atoms with Gasteiger partial charge in [0.15, 0.2) is 0 Å². The standard InChI is InChI=1S/C10H10N2O5/c13-6-11-9(10(14)15)5-7-1-3-8(4-2-7)12(16)17/h1-4,6,9H,5H2,(H,11,13)(H,14,15). The number of nitrogens with one attached hydrogen (secondary N) is 1. The molecule has 1 amide bonds. The van der Waals surface area contributed by atoms with Crippen molar-refractivity contribution in [3.63, 3.8) is 0 Å². The number of carboxylic acids is 1. The number of carbonyl (C=O) groups excluding carboxylic acids is 1.